The number of carbonyl (C=O) groups excluding carboxylic acids is 3. The number of hydrogen-bond acceptors (Lipinski definition) is 4. The Morgan fingerprint density at radius 1 is 1.25 bits per heavy atom. The minimum absolute atomic E-state index is 0.131. The zero-order chi connectivity index (χ0) is 14.9. The van der Waals surface area contributed by atoms with E-state index in [2.05, 4.69) is 5.32 Å². The highest BCUT2D eigenvalue weighted by molar-refractivity contribution is 6.21. The molecule has 4 amide bonds. The van der Waals surface area contributed by atoms with E-state index in [4.69, 9.17) is 5.73 Å². The average Bonchev–Trinajstić information content (AvgIpc) is 2.63. The van der Waals surface area contributed by atoms with E-state index in [1.807, 2.05) is 0 Å². The van der Waals surface area contributed by atoms with Crippen LogP contribution in [-0.4, -0.2) is 54.8 Å². The fraction of sp³-hybridized carbons (Fsp3) is 0.308. The first-order chi connectivity index (χ1) is 9.41. The molecule has 0 radical (unpaired) electrons. The van der Waals surface area contributed by atoms with Gasteiger partial charge in [0.2, 0.25) is 0 Å². The summed E-state index contributed by atoms with van der Waals surface area (Å²) in [6.45, 7) is 0.337. The summed E-state index contributed by atoms with van der Waals surface area (Å²) in [5.41, 5.74) is 6.71. The molecule has 0 bridgehead atoms. The number of rotatable bonds is 3. The molecule has 1 aliphatic heterocycles. The molecule has 3 N–H and O–H groups in total. The molecule has 1 aromatic rings. The maximum atomic E-state index is 12.1. The normalized spacial score (nSPS) is 13.4. The van der Waals surface area contributed by atoms with E-state index in [1.165, 1.54) is 11.0 Å². The second kappa shape index (κ2) is 5.20. The fourth-order valence-corrected chi connectivity index (χ4v) is 1.94. The van der Waals surface area contributed by atoms with Gasteiger partial charge in [-0.25, -0.2) is 4.79 Å². The lowest BCUT2D eigenvalue weighted by molar-refractivity contribution is 0.0655. The van der Waals surface area contributed by atoms with Gasteiger partial charge in [0.1, 0.15) is 0 Å². The Balaban J connectivity index is 2.04. The molecule has 106 valence electrons. The standard InChI is InChI=1S/C13H16N4O3/c1-16(2)13(20)15-5-6-17-11(18)9-4-3-8(14)7-10(9)12(17)19/h3-4,7H,5-6,14H2,1-2H3,(H,15,20). The molecule has 0 saturated heterocycles. The van der Waals surface area contributed by atoms with Gasteiger partial charge in [0.05, 0.1) is 11.1 Å². The van der Waals surface area contributed by atoms with Gasteiger partial charge in [0.15, 0.2) is 0 Å². The van der Waals surface area contributed by atoms with Gasteiger partial charge in [-0.15, -0.1) is 0 Å². The molecule has 0 atom stereocenters. The van der Waals surface area contributed by atoms with Crippen LogP contribution in [0, 0.1) is 0 Å². The van der Waals surface area contributed by atoms with Crippen molar-refractivity contribution in [3.05, 3.63) is 29.3 Å². The number of anilines is 1. The predicted molar refractivity (Wildman–Crippen MR) is 73.3 cm³/mol. The maximum absolute atomic E-state index is 12.1. The highest BCUT2D eigenvalue weighted by atomic mass is 16.2. The molecule has 0 saturated carbocycles. The van der Waals surface area contributed by atoms with Crippen LogP contribution in [0.1, 0.15) is 20.7 Å². The molecule has 0 fully saturated rings. The quantitative estimate of drug-likeness (QED) is 0.606. The van der Waals surface area contributed by atoms with Gasteiger partial charge >= 0.3 is 6.03 Å². The second-order valence-corrected chi connectivity index (χ2v) is 4.69. The Labute approximate surface area is 116 Å². The Hall–Kier alpha value is -2.57. The number of hydrogen-bond donors (Lipinski definition) is 2. The molecule has 7 nitrogen and oxygen atoms in total. The second-order valence-electron chi connectivity index (χ2n) is 4.69. The molecule has 20 heavy (non-hydrogen) atoms. The van der Waals surface area contributed by atoms with E-state index in [0.717, 1.165) is 4.90 Å². The topological polar surface area (TPSA) is 95.7 Å². The summed E-state index contributed by atoms with van der Waals surface area (Å²) in [4.78, 5) is 38.0. The van der Waals surface area contributed by atoms with Crippen molar-refractivity contribution >= 4 is 23.5 Å². The number of imide groups is 1. The SMILES string of the molecule is CN(C)C(=O)NCCN1C(=O)c2ccc(N)cc2C1=O. The van der Waals surface area contributed by atoms with E-state index in [0.29, 0.717) is 16.8 Å². The number of nitrogens with one attached hydrogen (secondary N) is 1. The van der Waals surface area contributed by atoms with Crippen LogP contribution >= 0.6 is 0 Å². The van der Waals surface area contributed by atoms with Gasteiger partial charge in [-0.1, -0.05) is 0 Å². The number of benzene rings is 1. The molecule has 7 heteroatoms. The zero-order valence-corrected chi connectivity index (χ0v) is 11.3. The molecular formula is C13H16N4O3. The predicted octanol–water partition coefficient (Wildman–Crippen LogP) is 0.136. The third kappa shape index (κ3) is 2.42. The number of fused-ring (bicyclic) bond motifs is 1. The minimum Gasteiger partial charge on any atom is -0.399 e. The summed E-state index contributed by atoms with van der Waals surface area (Å²) in [5, 5.41) is 2.60. The first kappa shape index (κ1) is 13.9. The van der Waals surface area contributed by atoms with Gasteiger partial charge < -0.3 is 16.0 Å². The summed E-state index contributed by atoms with van der Waals surface area (Å²) in [6.07, 6.45) is 0. The van der Waals surface area contributed by atoms with Crippen LogP contribution < -0.4 is 11.1 Å². The number of nitrogens with zero attached hydrogens (tertiary/aromatic N) is 2. The van der Waals surface area contributed by atoms with Crippen molar-refractivity contribution in [2.75, 3.05) is 32.9 Å². The van der Waals surface area contributed by atoms with E-state index in [1.54, 1.807) is 26.2 Å². The van der Waals surface area contributed by atoms with E-state index >= 15 is 0 Å². The van der Waals surface area contributed by atoms with Crippen molar-refractivity contribution in [3.8, 4) is 0 Å². The molecule has 2 rings (SSSR count). The van der Waals surface area contributed by atoms with Crippen LogP contribution in [0.5, 0.6) is 0 Å². The van der Waals surface area contributed by atoms with Crippen LogP contribution in [0.25, 0.3) is 0 Å². The summed E-state index contributed by atoms with van der Waals surface area (Å²) >= 11 is 0. The Morgan fingerprint density at radius 3 is 2.55 bits per heavy atom. The summed E-state index contributed by atoms with van der Waals surface area (Å²) in [7, 11) is 3.22. The first-order valence-corrected chi connectivity index (χ1v) is 6.12. The van der Waals surface area contributed by atoms with Crippen LogP contribution in [0.3, 0.4) is 0 Å². The highest BCUT2D eigenvalue weighted by Crippen LogP contribution is 2.24. The molecule has 0 unspecified atom stereocenters. The summed E-state index contributed by atoms with van der Waals surface area (Å²) < 4.78 is 0. The highest BCUT2D eigenvalue weighted by Gasteiger charge is 2.35. The Bertz CT molecular complexity index is 583. The number of carbonyl (C=O) groups is 3. The number of nitrogens with two attached hydrogens (primary N) is 1. The molecule has 0 aromatic heterocycles. The largest absolute Gasteiger partial charge is 0.399 e. The Kier molecular flexibility index (Phi) is 3.60. The van der Waals surface area contributed by atoms with E-state index in [9.17, 15) is 14.4 Å². The van der Waals surface area contributed by atoms with Crippen LogP contribution in [0.15, 0.2) is 18.2 Å². The van der Waals surface area contributed by atoms with Crippen molar-refractivity contribution in [2.45, 2.75) is 0 Å². The van der Waals surface area contributed by atoms with Crippen molar-refractivity contribution in [2.24, 2.45) is 0 Å². The maximum Gasteiger partial charge on any atom is 0.316 e. The minimum atomic E-state index is -0.378. The smallest absolute Gasteiger partial charge is 0.316 e. The van der Waals surface area contributed by atoms with Gasteiger partial charge in [-0.3, -0.25) is 14.5 Å². The van der Waals surface area contributed by atoms with E-state index < -0.39 is 0 Å². The summed E-state index contributed by atoms with van der Waals surface area (Å²) in [6, 6.07) is 4.35. The third-order valence-electron chi connectivity index (χ3n) is 3.01. The van der Waals surface area contributed by atoms with E-state index in [-0.39, 0.29) is 30.9 Å². The lowest BCUT2D eigenvalue weighted by Crippen LogP contribution is -2.41. The molecular weight excluding hydrogens is 260 g/mol. The van der Waals surface area contributed by atoms with Crippen molar-refractivity contribution < 1.29 is 14.4 Å². The van der Waals surface area contributed by atoms with Gasteiger partial charge in [0.25, 0.3) is 11.8 Å². The molecule has 1 aliphatic rings. The lowest BCUT2D eigenvalue weighted by Gasteiger charge is -2.16. The monoisotopic (exact) mass is 276 g/mol. The zero-order valence-electron chi connectivity index (χ0n) is 11.3. The van der Waals surface area contributed by atoms with Crippen LogP contribution in [-0.2, 0) is 0 Å². The third-order valence-corrected chi connectivity index (χ3v) is 3.01. The fourth-order valence-electron chi connectivity index (χ4n) is 1.94. The molecule has 1 aromatic carbocycles. The first-order valence-electron chi connectivity index (χ1n) is 6.12. The number of urea groups is 1. The molecule has 0 aliphatic carbocycles. The van der Waals surface area contributed by atoms with Gasteiger partial charge in [0, 0.05) is 32.9 Å². The average molecular weight is 276 g/mol. The lowest BCUT2D eigenvalue weighted by atomic mass is 10.1. The van der Waals surface area contributed by atoms with Gasteiger partial charge in [-0.2, -0.15) is 0 Å². The van der Waals surface area contributed by atoms with Crippen LogP contribution in [0.2, 0.25) is 0 Å². The van der Waals surface area contributed by atoms with Crippen LogP contribution in [0.4, 0.5) is 10.5 Å². The number of amides is 4. The molecule has 0 spiro atoms. The summed E-state index contributed by atoms with van der Waals surface area (Å²) in [5.74, 6) is -0.736. The number of nitrogen functional groups attached to an aromatic ring is 1. The van der Waals surface area contributed by atoms with Crippen molar-refractivity contribution in [1.29, 1.82) is 0 Å². The van der Waals surface area contributed by atoms with Crippen molar-refractivity contribution in [1.82, 2.24) is 15.1 Å². The van der Waals surface area contributed by atoms with Gasteiger partial charge in [-0.05, 0) is 18.2 Å². The molecule has 1 heterocycles. The Morgan fingerprint density at radius 2 is 1.90 bits per heavy atom. The van der Waals surface area contributed by atoms with Crippen molar-refractivity contribution in [3.63, 3.8) is 0 Å².